The summed E-state index contributed by atoms with van der Waals surface area (Å²) in [6.45, 7) is 2.17. The van der Waals surface area contributed by atoms with Crippen LogP contribution in [0.15, 0.2) is 18.6 Å². The largest absolute Gasteiger partial charge is 0.359 e. The van der Waals surface area contributed by atoms with E-state index in [0.29, 0.717) is 18.1 Å². The molecule has 0 spiro atoms. The molecule has 3 heterocycles. The number of carbonyl (C=O) groups is 1. The lowest BCUT2D eigenvalue weighted by Crippen LogP contribution is -2.32. The van der Waals surface area contributed by atoms with E-state index in [1.807, 2.05) is 26.5 Å². The molecule has 2 atom stereocenters. The van der Waals surface area contributed by atoms with Gasteiger partial charge in [-0.05, 0) is 5.56 Å². The molecule has 2 aromatic rings. The maximum Gasteiger partial charge on any atom is 0.224 e. The SMILES string of the molecule is CNC(=O)[C@H]1CN(Cc2c(Cl)cnn2C)C[C@@H]1c1cnn(C)c1. The minimum absolute atomic E-state index is 0.0671. The normalized spacial score (nSPS) is 21.7. The van der Waals surface area contributed by atoms with Crippen LogP contribution in [0, 0.1) is 5.92 Å². The molecule has 23 heavy (non-hydrogen) atoms. The maximum absolute atomic E-state index is 12.3. The Morgan fingerprint density at radius 1 is 1.35 bits per heavy atom. The maximum atomic E-state index is 12.3. The van der Waals surface area contributed by atoms with E-state index in [2.05, 4.69) is 20.4 Å². The molecular weight excluding hydrogens is 316 g/mol. The Morgan fingerprint density at radius 2 is 2.13 bits per heavy atom. The molecule has 0 bridgehead atoms. The number of aromatic nitrogens is 4. The molecule has 3 rings (SSSR count). The van der Waals surface area contributed by atoms with Crippen LogP contribution in [-0.4, -0.2) is 50.5 Å². The molecule has 1 fully saturated rings. The molecule has 1 amide bonds. The lowest BCUT2D eigenvalue weighted by atomic mass is 9.90. The van der Waals surface area contributed by atoms with Crippen molar-refractivity contribution >= 4 is 17.5 Å². The Morgan fingerprint density at radius 3 is 2.70 bits per heavy atom. The van der Waals surface area contributed by atoms with Crippen LogP contribution in [0.3, 0.4) is 0 Å². The summed E-state index contributed by atoms with van der Waals surface area (Å²) in [5, 5.41) is 11.9. The second kappa shape index (κ2) is 6.33. The van der Waals surface area contributed by atoms with E-state index in [4.69, 9.17) is 11.6 Å². The number of nitrogens with one attached hydrogen (secondary N) is 1. The Bertz CT molecular complexity index is 689. The molecule has 1 aliphatic rings. The molecule has 0 unspecified atom stereocenters. The number of carbonyl (C=O) groups excluding carboxylic acids is 1. The van der Waals surface area contributed by atoms with Crippen molar-refractivity contribution in [3.63, 3.8) is 0 Å². The average Bonchev–Trinajstić information content (AvgIpc) is 3.22. The van der Waals surface area contributed by atoms with Crippen LogP contribution in [0.25, 0.3) is 0 Å². The third-order valence-electron chi connectivity index (χ3n) is 4.52. The standard InChI is InChI=1S/C15H21ClN6O/c1-17-15(23)12-8-22(9-14-13(16)5-19-21(14)3)7-11(12)10-4-18-20(2)6-10/h4-6,11-12H,7-9H2,1-3H3,(H,17,23)/t11-,12+/m1/s1. The lowest BCUT2D eigenvalue weighted by Gasteiger charge is -2.15. The minimum Gasteiger partial charge on any atom is -0.359 e. The summed E-state index contributed by atoms with van der Waals surface area (Å²) in [5.41, 5.74) is 2.06. The predicted octanol–water partition coefficient (Wildman–Crippen LogP) is 0.769. The summed E-state index contributed by atoms with van der Waals surface area (Å²) in [5.74, 6) is 0.115. The van der Waals surface area contributed by atoms with Gasteiger partial charge in [0.2, 0.25) is 5.91 Å². The van der Waals surface area contributed by atoms with E-state index in [1.165, 1.54) is 0 Å². The van der Waals surface area contributed by atoms with E-state index in [0.717, 1.165) is 17.8 Å². The van der Waals surface area contributed by atoms with Gasteiger partial charge in [0.05, 0.1) is 29.0 Å². The first kappa shape index (κ1) is 16.0. The van der Waals surface area contributed by atoms with Crippen molar-refractivity contribution in [2.24, 2.45) is 20.0 Å². The molecule has 0 radical (unpaired) electrons. The van der Waals surface area contributed by atoms with Gasteiger partial charge in [0, 0.05) is 52.9 Å². The van der Waals surface area contributed by atoms with Crippen LogP contribution in [0.4, 0.5) is 0 Å². The summed E-state index contributed by atoms with van der Waals surface area (Å²) in [4.78, 5) is 14.5. The van der Waals surface area contributed by atoms with Gasteiger partial charge in [-0.2, -0.15) is 10.2 Å². The average molecular weight is 337 g/mol. The van der Waals surface area contributed by atoms with Gasteiger partial charge in [-0.1, -0.05) is 11.6 Å². The molecule has 1 N–H and O–H groups in total. The fourth-order valence-corrected chi connectivity index (χ4v) is 3.49. The molecule has 0 aromatic carbocycles. The summed E-state index contributed by atoms with van der Waals surface area (Å²) in [6.07, 6.45) is 5.49. The topological polar surface area (TPSA) is 68.0 Å². The van der Waals surface area contributed by atoms with Gasteiger partial charge in [0.25, 0.3) is 0 Å². The van der Waals surface area contributed by atoms with Crippen LogP contribution < -0.4 is 5.32 Å². The van der Waals surface area contributed by atoms with Crippen molar-refractivity contribution in [2.45, 2.75) is 12.5 Å². The zero-order chi connectivity index (χ0) is 16.6. The Balaban J connectivity index is 1.81. The first-order chi connectivity index (χ1) is 11.0. The molecule has 124 valence electrons. The highest BCUT2D eigenvalue weighted by molar-refractivity contribution is 6.31. The molecule has 7 nitrogen and oxygen atoms in total. The van der Waals surface area contributed by atoms with Crippen molar-refractivity contribution in [3.8, 4) is 0 Å². The number of likely N-dealkylation sites (tertiary alicyclic amines) is 1. The quantitative estimate of drug-likeness (QED) is 0.895. The fraction of sp³-hybridized carbons (Fsp3) is 0.533. The molecule has 2 aromatic heterocycles. The van der Waals surface area contributed by atoms with Gasteiger partial charge in [-0.3, -0.25) is 19.1 Å². The zero-order valence-corrected chi connectivity index (χ0v) is 14.3. The van der Waals surface area contributed by atoms with Crippen LogP contribution in [0.2, 0.25) is 5.02 Å². The zero-order valence-electron chi connectivity index (χ0n) is 13.5. The second-order valence-electron chi connectivity index (χ2n) is 6.03. The van der Waals surface area contributed by atoms with Crippen LogP contribution in [-0.2, 0) is 25.4 Å². The van der Waals surface area contributed by atoms with Gasteiger partial charge in [-0.15, -0.1) is 0 Å². The predicted molar refractivity (Wildman–Crippen MR) is 87.0 cm³/mol. The highest BCUT2D eigenvalue weighted by atomic mass is 35.5. The third kappa shape index (κ3) is 3.11. The Hall–Kier alpha value is -1.86. The highest BCUT2D eigenvalue weighted by Gasteiger charge is 2.39. The Kier molecular flexibility index (Phi) is 4.41. The van der Waals surface area contributed by atoms with Crippen molar-refractivity contribution in [2.75, 3.05) is 20.1 Å². The van der Waals surface area contributed by atoms with E-state index >= 15 is 0 Å². The van der Waals surface area contributed by atoms with Gasteiger partial charge in [0.1, 0.15) is 0 Å². The van der Waals surface area contributed by atoms with Crippen molar-refractivity contribution in [1.29, 1.82) is 0 Å². The molecular formula is C15H21ClN6O. The van der Waals surface area contributed by atoms with Crippen LogP contribution in [0.5, 0.6) is 0 Å². The van der Waals surface area contributed by atoms with Crippen LogP contribution in [0.1, 0.15) is 17.2 Å². The van der Waals surface area contributed by atoms with E-state index in [-0.39, 0.29) is 17.7 Å². The number of amides is 1. The molecule has 8 heteroatoms. The molecule has 1 aliphatic heterocycles. The van der Waals surface area contributed by atoms with E-state index in [1.54, 1.807) is 22.6 Å². The van der Waals surface area contributed by atoms with Gasteiger partial charge in [0.15, 0.2) is 0 Å². The summed E-state index contributed by atoms with van der Waals surface area (Å²) < 4.78 is 3.56. The molecule has 0 saturated carbocycles. The first-order valence-corrected chi connectivity index (χ1v) is 7.96. The van der Waals surface area contributed by atoms with Gasteiger partial charge < -0.3 is 5.32 Å². The smallest absolute Gasteiger partial charge is 0.224 e. The summed E-state index contributed by atoms with van der Waals surface area (Å²) in [6, 6.07) is 0. The second-order valence-corrected chi connectivity index (χ2v) is 6.44. The van der Waals surface area contributed by atoms with Crippen molar-refractivity contribution < 1.29 is 4.79 Å². The number of hydrogen-bond acceptors (Lipinski definition) is 4. The minimum atomic E-state index is -0.0868. The monoisotopic (exact) mass is 336 g/mol. The first-order valence-electron chi connectivity index (χ1n) is 7.58. The van der Waals surface area contributed by atoms with Gasteiger partial charge in [-0.25, -0.2) is 0 Å². The van der Waals surface area contributed by atoms with E-state index < -0.39 is 0 Å². The Labute approximate surface area is 140 Å². The third-order valence-corrected chi connectivity index (χ3v) is 4.83. The number of nitrogens with zero attached hydrogens (tertiary/aromatic N) is 5. The fourth-order valence-electron chi connectivity index (χ4n) is 3.26. The highest BCUT2D eigenvalue weighted by Crippen LogP contribution is 2.34. The number of hydrogen-bond donors (Lipinski definition) is 1. The van der Waals surface area contributed by atoms with Gasteiger partial charge >= 0.3 is 0 Å². The summed E-state index contributed by atoms with van der Waals surface area (Å²) >= 11 is 6.20. The van der Waals surface area contributed by atoms with Crippen molar-refractivity contribution in [1.82, 2.24) is 29.8 Å². The summed E-state index contributed by atoms with van der Waals surface area (Å²) in [7, 11) is 5.45. The number of aryl methyl sites for hydroxylation is 2. The number of halogens is 1. The van der Waals surface area contributed by atoms with Crippen LogP contribution >= 0.6 is 11.6 Å². The molecule has 1 saturated heterocycles. The molecule has 0 aliphatic carbocycles. The van der Waals surface area contributed by atoms with Crippen molar-refractivity contribution in [3.05, 3.63) is 34.9 Å². The number of rotatable bonds is 4. The van der Waals surface area contributed by atoms with E-state index in [9.17, 15) is 4.79 Å². The lowest BCUT2D eigenvalue weighted by molar-refractivity contribution is -0.124.